The van der Waals surface area contributed by atoms with E-state index in [9.17, 15) is 9.59 Å². The average Bonchev–Trinajstić information content (AvgIpc) is 2.82. The molecule has 2 unspecified atom stereocenters. The van der Waals surface area contributed by atoms with Crippen LogP contribution in [0.1, 0.15) is 68.4 Å². The third-order valence-corrected chi connectivity index (χ3v) is 7.13. The predicted molar refractivity (Wildman–Crippen MR) is 105 cm³/mol. The summed E-state index contributed by atoms with van der Waals surface area (Å²) in [5.41, 5.74) is 2.36. The number of rotatable bonds is 2. The Morgan fingerprint density at radius 2 is 1.68 bits per heavy atom. The molecular weight excluding hydrogens is 354 g/mol. The standard InChI is InChI=1S/C22H29N3O3/c1-14(26)25-8-6-17(7-9-25)23-21(27)24-22-12-15-10-18(28-22)11-16(13-22)20-5-3-2-4-19(15)20/h2-5,15-18H,6-13H2,1H3,(H2,23,24,27). The molecule has 2 aliphatic carbocycles. The summed E-state index contributed by atoms with van der Waals surface area (Å²) >= 11 is 0. The van der Waals surface area contributed by atoms with E-state index in [4.69, 9.17) is 4.74 Å². The van der Waals surface area contributed by atoms with Gasteiger partial charge in [0, 0.05) is 38.9 Å². The second-order valence-electron chi connectivity index (χ2n) is 9.02. The molecule has 3 aliphatic heterocycles. The number of hydrogen-bond acceptors (Lipinski definition) is 3. The molecule has 28 heavy (non-hydrogen) atoms. The maximum absolute atomic E-state index is 12.8. The molecule has 0 saturated carbocycles. The topological polar surface area (TPSA) is 70.7 Å². The van der Waals surface area contributed by atoms with Crippen molar-refractivity contribution >= 4 is 11.9 Å². The summed E-state index contributed by atoms with van der Waals surface area (Å²) < 4.78 is 6.41. The molecule has 150 valence electrons. The molecular formula is C22H29N3O3. The number of amides is 3. The van der Waals surface area contributed by atoms with Crippen molar-refractivity contribution in [1.82, 2.24) is 15.5 Å². The highest BCUT2D eigenvalue weighted by atomic mass is 16.5. The van der Waals surface area contributed by atoms with Crippen LogP contribution in [0.15, 0.2) is 24.3 Å². The normalized spacial score (nSPS) is 33.9. The van der Waals surface area contributed by atoms with Crippen LogP contribution in [0, 0.1) is 0 Å². The molecule has 0 aromatic heterocycles. The fraction of sp³-hybridized carbons (Fsp3) is 0.636. The number of carbonyl (C=O) groups is 2. The Hall–Kier alpha value is -2.08. The zero-order valence-electron chi connectivity index (χ0n) is 16.4. The first-order valence-electron chi connectivity index (χ1n) is 10.6. The summed E-state index contributed by atoms with van der Waals surface area (Å²) in [6, 6.07) is 8.77. The lowest BCUT2D eigenvalue weighted by Gasteiger charge is -2.48. The van der Waals surface area contributed by atoms with E-state index in [0.29, 0.717) is 24.9 Å². The van der Waals surface area contributed by atoms with Crippen LogP contribution in [-0.4, -0.2) is 47.8 Å². The molecule has 2 N–H and O–H groups in total. The summed E-state index contributed by atoms with van der Waals surface area (Å²) in [6.45, 7) is 3.03. The Morgan fingerprint density at radius 1 is 1.07 bits per heavy atom. The number of carbonyl (C=O) groups excluding carboxylic acids is 2. The number of nitrogens with one attached hydrogen (secondary N) is 2. The molecule has 6 nitrogen and oxygen atoms in total. The monoisotopic (exact) mass is 383 g/mol. The van der Waals surface area contributed by atoms with Gasteiger partial charge < -0.3 is 20.3 Å². The van der Waals surface area contributed by atoms with Crippen molar-refractivity contribution in [3.63, 3.8) is 0 Å². The number of piperidine rings is 1. The average molecular weight is 383 g/mol. The minimum absolute atomic E-state index is 0.112. The summed E-state index contributed by atoms with van der Waals surface area (Å²) in [5.74, 6) is 1.03. The van der Waals surface area contributed by atoms with Crippen LogP contribution in [0.25, 0.3) is 0 Å². The minimum atomic E-state index is -0.556. The summed E-state index contributed by atoms with van der Waals surface area (Å²) in [5, 5.41) is 6.35. The van der Waals surface area contributed by atoms with Gasteiger partial charge in [0.2, 0.25) is 5.91 Å². The van der Waals surface area contributed by atoms with Gasteiger partial charge in [-0.2, -0.15) is 0 Å². The number of benzene rings is 1. The molecule has 0 spiro atoms. The van der Waals surface area contributed by atoms with E-state index in [1.807, 2.05) is 4.90 Å². The zero-order valence-corrected chi connectivity index (χ0v) is 16.4. The van der Waals surface area contributed by atoms with Gasteiger partial charge in [-0.1, -0.05) is 24.3 Å². The first-order chi connectivity index (χ1) is 13.5. The summed E-state index contributed by atoms with van der Waals surface area (Å²) in [6.07, 6.45) is 5.66. The fourth-order valence-corrected chi connectivity index (χ4v) is 5.92. The molecule has 2 atom stereocenters. The molecule has 0 radical (unpaired) electrons. The second kappa shape index (κ2) is 6.76. The van der Waals surface area contributed by atoms with Crippen LogP contribution < -0.4 is 10.6 Å². The van der Waals surface area contributed by atoms with Crippen LogP contribution >= 0.6 is 0 Å². The third-order valence-electron chi connectivity index (χ3n) is 7.13. The van der Waals surface area contributed by atoms with Gasteiger partial charge in [0.15, 0.2) is 0 Å². The Bertz CT molecular complexity index is 752. The number of likely N-dealkylation sites (tertiary alicyclic amines) is 1. The SMILES string of the molecule is CC(=O)N1CCC(NC(=O)NC23CC4CC(CC(C2)c2ccccc24)O3)CC1. The number of nitrogens with zero attached hydrogens (tertiary/aromatic N) is 1. The van der Waals surface area contributed by atoms with E-state index >= 15 is 0 Å². The molecule has 1 aromatic rings. The zero-order chi connectivity index (χ0) is 19.3. The van der Waals surface area contributed by atoms with Crippen LogP contribution in [0.4, 0.5) is 4.79 Å². The Labute approximate surface area is 166 Å². The highest BCUT2D eigenvalue weighted by molar-refractivity contribution is 5.75. The van der Waals surface area contributed by atoms with Gasteiger partial charge in [-0.3, -0.25) is 4.79 Å². The Balaban J connectivity index is 1.26. The molecule has 6 rings (SSSR count). The van der Waals surface area contributed by atoms with Crippen LogP contribution in [0.3, 0.4) is 0 Å². The van der Waals surface area contributed by atoms with Gasteiger partial charge in [-0.15, -0.1) is 0 Å². The summed E-state index contributed by atoms with van der Waals surface area (Å²) in [4.78, 5) is 26.1. The van der Waals surface area contributed by atoms with Crippen molar-refractivity contribution in [2.24, 2.45) is 0 Å². The first-order valence-corrected chi connectivity index (χ1v) is 10.6. The van der Waals surface area contributed by atoms with Gasteiger partial charge in [-0.25, -0.2) is 4.79 Å². The van der Waals surface area contributed by atoms with Crippen LogP contribution in [0.5, 0.6) is 0 Å². The molecule has 1 aromatic carbocycles. The lowest BCUT2D eigenvalue weighted by Crippen LogP contribution is -2.61. The van der Waals surface area contributed by atoms with Crippen molar-refractivity contribution in [3.8, 4) is 0 Å². The van der Waals surface area contributed by atoms with Crippen molar-refractivity contribution < 1.29 is 14.3 Å². The van der Waals surface area contributed by atoms with Crippen molar-refractivity contribution in [2.45, 2.75) is 75.2 Å². The van der Waals surface area contributed by atoms with Gasteiger partial charge >= 0.3 is 6.03 Å². The minimum Gasteiger partial charge on any atom is -0.352 e. The van der Waals surface area contributed by atoms with Crippen molar-refractivity contribution in [3.05, 3.63) is 35.4 Å². The molecule has 6 heteroatoms. The van der Waals surface area contributed by atoms with Crippen molar-refractivity contribution in [2.75, 3.05) is 13.1 Å². The van der Waals surface area contributed by atoms with Crippen LogP contribution in [-0.2, 0) is 9.53 Å². The van der Waals surface area contributed by atoms with Gasteiger partial charge in [0.1, 0.15) is 5.72 Å². The fourth-order valence-electron chi connectivity index (χ4n) is 5.92. The quantitative estimate of drug-likeness (QED) is 0.825. The molecule has 3 amide bonds. The van der Waals surface area contributed by atoms with E-state index in [1.54, 1.807) is 6.92 Å². The highest BCUT2D eigenvalue weighted by Crippen LogP contribution is 2.54. The predicted octanol–water partition coefficient (Wildman–Crippen LogP) is 2.85. The van der Waals surface area contributed by atoms with E-state index in [-0.39, 0.29) is 24.1 Å². The van der Waals surface area contributed by atoms with Gasteiger partial charge in [0.05, 0.1) is 6.10 Å². The molecule has 3 heterocycles. The maximum Gasteiger partial charge on any atom is 0.317 e. The van der Waals surface area contributed by atoms with E-state index < -0.39 is 5.72 Å². The first kappa shape index (κ1) is 18.0. The Kier molecular flexibility index (Phi) is 4.34. The highest BCUT2D eigenvalue weighted by Gasteiger charge is 2.52. The number of urea groups is 1. The van der Waals surface area contributed by atoms with Crippen LogP contribution in [0.2, 0.25) is 0 Å². The smallest absolute Gasteiger partial charge is 0.317 e. The lowest BCUT2D eigenvalue weighted by atomic mass is 9.79. The number of hydrogen-bond donors (Lipinski definition) is 2. The van der Waals surface area contributed by atoms with Gasteiger partial charge in [0.25, 0.3) is 0 Å². The maximum atomic E-state index is 12.8. The largest absolute Gasteiger partial charge is 0.352 e. The lowest BCUT2D eigenvalue weighted by molar-refractivity contribution is -0.177. The summed E-state index contributed by atoms with van der Waals surface area (Å²) in [7, 11) is 0. The molecule has 3 fully saturated rings. The van der Waals surface area contributed by atoms with E-state index in [2.05, 4.69) is 34.9 Å². The molecule has 5 aliphatic rings. The van der Waals surface area contributed by atoms with Crippen molar-refractivity contribution in [1.29, 1.82) is 0 Å². The third kappa shape index (κ3) is 3.17. The molecule has 3 saturated heterocycles. The Morgan fingerprint density at radius 3 is 2.25 bits per heavy atom. The van der Waals surface area contributed by atoms with Gasteiger partial charge in [-0.05, 0) is 48.6 Å². The second-order valence-corrected chi connectivity index (χ2v) is 9.02. The van der Waals surface area contributed by atoms with E-state index in [0.717, 1.165) is 38.5 Å². The molecule has 4 bridgehead atoms. The number of ether oxygens (including phenoxy) is 1. The van der Waals surface area contributed by atoms with E-state index in [1.165, 1.54) is 11.1 Å².